The van der Waals surface area contributed by atoms with E-state index in [4.69, 9.17) is 14.2 Å². The molecule has 4 rings (SSSR count). The van der Waals surface area contributed by atoms with Crippen LogP contribution >= 0.6 is 0 Å². The molecule has 3 aromatic heterocycles. The highest BCUT2D eigenvalue weighted by Gasteiger charge is 2.49. The Bertz CT molecular complexity index is 1120. The summed E-state index contributed by atoms with van der Waals surface area (Å²) in [6, 6.07) is 5.53. The maximum atomic E-state index is 12.4. The molecule has 1 N–H and O–H groups in total. The molecule has 0 bridgehead atoms. The molecule has 1 amide bonds. The van der Waals surface area contributed by atoms with Gasteiger partial charge in [0.1, 0.15) is 17.1 Å². The zero-order chi connectivity index (χ0) is 21.4. The SMILES string of the molecule is COC(=O)[C@H]1C[C@@H]1C(=O)Nc1cc2cc(-c3c(OC)ccnc3OC)n(C)c2cn1. The van der Waals surface area contributed by atoms with Crippen LogP contribution in [0.1, 0.15) is 6.42 Å². The van der Waals surface area contributed by atoms with Crippen molar-refractivity contribution in [3.63, 3.8) is 0 Å². The second-order valence-corrected chi connectivity index (χ2v) is 7.08. The molecule has 1 fully saturated rings. The fraction of sp³-hybridized carbons (Fsp3) is 0.333. The largest absolute Gasteiger partial charge is 0.496 e. The number of fused-ring (bicyclic) bond motifs is 1. The first-order chi connectivity index (χ1) is 14.5. The minimum Gasteiger partial charge on any atom is -0.496 e. The first kappa shape index (κ1) is 19.7. The fourth-order valence-electron chi connectivity index (χ4n) is 3.64. The zero-order valence-electron chi connectivity index (χ0n) is 17.1. The van der Waals surface area contributed by atoms with Crippen molar-refractivity contribution >= 4 is 28.6 Å². The van der Waals surface area contributed by atoms with E-state index in [2.05, 4.69) is 15.3 Å². The lowest BCUT2D eigenvalue weighted by molar-refractivity contribution is -0.143. The summed E-state index contributed by atoms with van der Waals surface area (Å²) < 4.78 is 17.6. The monoisotopic (exact) mass is 410 g/mol. The van der Waals surface area contributed by atoms with Gasteiger partial charge in [-0.1, -0.05) is 0 Å². The molecule has 9 nitrogen and oxygen atoms in total. The Morgan fingerprint density at radius 3 is 2.63 bits per heavy atom. The van der Waals surface area contributed by atoms with Gasteiger partial charge in [-0.3, -0.25) is 9.59 Å². The topological polar surface area (TPSA) is 105 Å². The molecule has 2 atom stereocenters. The molecule has 30 heavy (non-hydrogen) atoms. The highest BCUT2D eigenvalue weighted by Crippen LogP contribution is 2.41. The summed E-state index contributed by atoms with van der Waals surface area (Å²) in [6.07, 6.45) is 3.81. The number of esters is 1. The lowest BCUT2D eigenvalue weighted by Gasteiger charge is -2.12. The van der Waals surface area contributed by atoms with Gasteiger partial charge in [0.2, 0.25) is 11.8 Å². The third-order valence-electron chi connectivity index (χ3n) is 5.36. The smallest absolute Gasteiger partial charge is 0.309 e. The van der Waals surface area contributed by atoms with E-state index in [0.717, 1.165) is 22.2 Å². The van der Waals surface area contributed by atoms with Crippen LogP contribution in [-0.4, -0.2) is 47.7 Å². The molecule has 0 radical (unpaired) electrons. The molecule has 0 aliphatic heterocycles. The molecule has 156 valence electrons. The summed E-state index contributed by atoms with van der Waals surface area (Å²) in [7, 11) is 6.39. The van der Waals surface area contributed by atoms with Gasteiger partial charge in [-0.15, -0.1) is 0 Å². The summed E-state index contributed by atoms with van der Waals surface area (Å²) in [5.74, 6) is 0.179. The molecule has 1 aliphatic rings. The van der Waals surface area contributed by atoms with Gasteiger partial charge in [-0.2, -0.15) is 0 Å². The van der Waals surface area contributed by atoms with Crippen LogP contribution in [0.2, 0.25) is 0 Å². The third kappa shape index (κ3) is 3.32. The van der Waals surface area contributed by atoms with E-state index in [1.807, 2.05) is 17.7 Å². The van der Waals surface area contributed by atoms with Crippen molar-refractivity contribution in [1.29, 1.82) is 0 Å². The van der Waals surface area contributed by atoms with E-state index in [1.165, 1.54) is 7.11 Å². The minimum absolute atomic E-state index is 0.232. The number of methoxy groups -OCH3 is 3. The number of aromatic nitrogens is 3. The van der Waals surface area contributed by atoms with Gasteiger partial charge in [0.05, 0.1) is 50.6 Å². The summed E-state index contributed by atoms with van der Waals surface area (Å²) in [5.41, 5.74) is 2.44. The summed E-state index contributed by atoms with van der Waals surface area (Å²) in [5, 5.41) is 3.67. The number of hydrogen-bond donors (Lipinski definition) is 1. The fourth-order valence-corrected chi connectivity index (χ4v) is 3.64. The summed E-state index contributed by atoms with van der Waals surface area (Å²) in [4.78, 5) is 32.6. The molecule has 1 saturated carbocycles. The van der Waals surface area contributed by atoms with Crippen LogP contribution in [0.25, 0.3) is 22.2 Å². The Hall–Kier alpha value is -3.62. The molecule has 0 spiro atoms. The van der Waals surface area contributed by atoms with E-state index in [9.17, 15) is 9.59 Å². The number of ether oxygens (including phenoxy) is 3. The predicted octanol–water partition coefficient (Wildman–Crippen LogP) is 2.40. The van der Waals surface area contributed by atoms with Crippen LogP contribution in [0.4, 0.5) is 5.82 Å². The van der Waals surface area contributed by atoms with E-state index >= 15 is 0 Å². The van der Waals surface area contributed by atoms with Gasteiger partial charge in [-0.25, -0.2) is 9.97 Å². The molecule has 1 aliphatic carbocycles. The van der Waals surface area contributed by atoms with E-state index < -0.39 is 0 Å². The number of hydrogen-bond acceptors (Lipinski definition) is 7. The number of rotatable bonds is 6. The number of nitrogens with one attached hydrogen (secondary N) is 1. The average molecular weight is 410 g/mol. The van der Waals surface area contributed by atoms with Crippen molar-refractivity contribution in [3.05, 3.63) is 30.6 Å². The van der Waals surface area contributed by atoms with E-state index in [0.29, 0.717) is 23.9 Å². The van der Waals surface area contributed by atoms with Crippen molar-refractivity contribution in [2.45, 2.75) is 6.42 Å². The van der Waals surface area contributed by atoms with Crippen molar-refractivity contribution in [1.82, 2.24) is 14.5 Å². The number of nitrogens with zero attached hydrogens (tertiary/aromatic N) is 3. The van der Waals surface area contributed by atoms with Crippen molar-refractivity contribution in [2.24, 2.45) is 18.9 Å². The summed E-state index contributed by atoms with van der Waals surface area (Å²) >= 11 is 0. The van der Waals surface area contributed by atoms with Crippen LogP contribution in [0.15, 0.2) is 30.6 Å². The number of carbonyl (C=O) groups excluding carboxylic acids is 2. The van der Waals surface area contributed by atoms with Crippen molar-refractivity contribution < 1.29 is 23.8 Å². The van der Waals surface area contributed by atoms with Crippen molar-refractivity contribution in [2.75, 3.05) is 26.6 Å². The van der Waals surface area contributed by atoms with Gasteiger partial charge >= 0.3 is 5.97 Å². The van der Waals surface area contributed by atoms with Gasteiger partial charge in [0, 0.05) is 18.6 Å². The highest BCUT2D eigenvalue weighted by molar-refractivity contribution is 5.99. The van der Waals surface area contributed by atoms with Gasteiger partial charge < -0.3 is 24.1 Å². The highest BCUT2D eigenvalue weighted by atomic mass is 16.5. The van der Waals surface area contributed by atoms with Crippen LogP contribution < -0.4 is 14.8 Å². The first-order valence-corrected chi connectivity index (χ1v) is 9.40. The number of anilines is 1. The Kier molecular flexibility index (Phi) is 5.03. The second kappa shape index (κ2) is 7.66. The Balaban J connectivity index is 1.65. The predicted molar refractivity (Wildman–Crippen MR) is 109 cm³/mol. The lowest BCUT2D eigenvalue weighted by atomic mass is 10.1. The molecule has 3 heterocycles. The third-order valence-corrected chi connectivity index (χ3v) is 5.36. The lowest BCUT2D eigenvalue weighted by Crippen LogP contribution is -2.18. The van der Waals surface area contributed by atoms with Crippen LogP contribution in [0.3, 0.4) is 0 Å². The maximum absolute atomic E-state index is 12.4. The molecule has 3 aromatic rings. The van der Waals surface area contributed by atoms with E-state index in [-0.39, 0.29) is 23.7 Å². The maximum Gasteiger partial charge on any atom is 0.309 e. The zero-order valence-corrected chi connectivity index (χ0v) is 17.1. The second-order valence-electron chi connectivity index (χ2n) is 7.08. The Morgan fingerprint density at radius 2 is 1.93 bits per heavy atom. The molecular weight excluding hydrogens is 388 g/mol. The first-order valence-electron chi connectivity index (χ1n) is 9.40. The quantitative estimate of drug-likeness (QED) is 0.622. The van der Waals surface area contributed by atoms with Gasteiger partial charge in [0.15, 0.2) is 0 Å². The molecule has 0 aromatic carbocycles. The van der Waals surface area contributed by atoms with Crippen LogP contribution in [0.5, 0.6) is 11.6 Å². The number of carbonyl (C=O) groups is 2. The van der Waals surface area contributed by atoms with E-state index in [1.54, 1.807) is 38.7 Å². The molecule has 0 unspecified atom stereocenters. The Morgan fingerprint density at radius 1 is 1.13 bits per heavy atom. The molecular formula is C21H22N4O5. The van der Waals surface area contributed by atoms with Crippen LogP contribution in [-0.2, 0) is 21.4 Å². The standard InChI is InChI=1S/C21H22N4O5/c1-25-14(18-16(28-2)5-6-22-20(18)29-3)7-11-8-17(23-10-15(11)25)24-19(26)12-9-13(12)21(27)30-4/h5-8,10,12-13H,9H2,1-4H3,(H,23,24,26)/t12-,13-/m0/s1. The van der Waals surface area contributed by atoms with Crippen LogP contribution in [0, 0.1) is 11.8 Å². The van der Waals surface area contributed by atoms with Gasteiger partial charge in [0.25, 0.3) is 0 Å². The average Bonchev–Trinajstić information content (AvgIpc) is 3.51. The molecule has 0 saturated heterocycles. The number of pyridine rings is 2. The summed E-state index contributed by atoms with van der Waals surface area (Å²) in [6.45, 7) is 0. The molecule has 9 heteroatoms. The normalized spacial score (nSPS) is 17.5. The number of aryl methyl sites for hydroxylation is 1. The Labute approximate surface area is 173 Å². The number of amides is 1. The van der Waals surface area contributed by atoms with Crippen molar-refractivity contribution in [3.8, 4) is 22.9 Å². The van der Waals surface area contributed by atoms with Gasteiger partial charge in [-0.05, 0) is 24.6 Å². The minimum atomic E-state index is -0.370.